The van der Waals surface area contributed by atoms with Gasteiger partial charge in [-0.2, -0.15) is 5.21 Å². The SMILES string of the molecule is CC(C)(CCCCCOc1ccc(CCc2ccccc2)c(O)c1)c1nn[nH]n1.[NaH]. The van der Waals surface area contributed by atoms with Crippen LogP contribution in [0.25, 0.3) is 0 Å². The van der Waals surface area contributed by atoms with Gasteiger partial charge < -0.3 is 9.84 Å². The van der Waals surface area contributed by atoms with Crippen LogP contribution in [0.1, 0.15) is 56.5 Å². The molecule has 1 aromatic heterocycles. The number of aromatic amines is 1. The molecule has 0 spiro atoms. The predicted octanol–water partition coefficient (Wildman–Crippen LogP) is 3.96. The molecule has 30 heavy (non-hydrogen) atoms. The average molecular weight is 419 g/mol. The Morgan fingerprint density at radius 3 is 2.50 bits per heavy atom. The van der Waals surface area contributed by atoms with E-state index in [1.54, 1.807) is 6.07 Å². The number of tetrazole rings is 1. The fourth-order valence-electron chi connectivity index (χ4n) is 3.36. The zero-order chi connectivity index (χ0) is 20.5. The number of nitrogens with one attached hydrogen (secondary N) is 1. The number of phenols is 1. The zero-order valence-corrected chi connectivity index (χ0v) is 17.3. The number of phenolic OH excluding ortho intramolecular Hbond substituents is 1. The van der Waals surface area contributed by atoms with E-state index in [0.29, 0.717) is 12.4 Å². The van der Waals surface area contributed by atoms with Gasteiger partial charge in [-0.05, 0) is 42.9 Å². The maximum absolute atomic E-state index is 10.3. The quantitative estimate of drug-likeness (QED) is 0.364. The second kappa shape index (κ2) is 12.1. The Labute approximate surface area is 200 Å². The molecular weight excluding hydrogens is 387 g/mol. The van der Waals surface area contributed by atoms with E-state index < -0.39 is 0 Å². The molecule has 0 saturated heterocycles. The van der Waals surface area contributed by atoms with Crippen LogP contribution in [-0.2, 0) is 18.3 Å². The maximum atomic E-state index is 10.3. The Morgan fingerprint density at radius 2 is 1.80 bits per heavy atom. The third-order valence-electron chi connectivity index (χ3n) is 5.25. The molecule has 156 valence electrons. The number of benzene rings is 2. The third-order valence-corrected chi connectivity index (χ3v) is 5.25. The van der Waals surface area contributed by atoms with E-state index in [9.17, 15) is 5.11 Å². The number of H-pyrrole nitrogens is 1. The number of nitrogens with zero attached hydrogens (tertiary/aromatic N) is 3. The van der Waals surface area contributed by atoms with Crippen LogP contribution in [0.2, 0.25) is 0 Å². The van der Waals surface area contributed by atoms with Gasteiger partial charge in [0.1, 0.15) is 11.5 Å². The summed E-state index contributed by atoms with van der Waals surface area (Å²) in [7, 11) is 0. The molecule has 0 amide bonds. The Morgan fingerprint density at radius 1 is 1.00 bits per heavy atom. The van der Waals surface area contributed by atoms with Crippen LogP contribution in [0.15, 0.2) is 48.5 Å². The molecule has 0 fully saturated rings. The van der Waals surface area contributed by atoms with Gasteiger partial charge in [-0.25, -0.2) is 0 Å². The van der Waals surface area contributed by atoms with Crippen molar-refractivity contribution < 1.29 is 9.84 Å². The Hall–Kier alpha value is -1.89. The standard InChI is InChI=1S/C23H30N4O2.Na.H/c1-23(2,22-24-26-27-25-22)15-7-4-8-16-29-20-14-13-19(21(28)17-20)12-11-18-9-5-3-6-10-18;;/h3,5-6,9-10,13-14,17,28H,4,7-8,11-12,15-16H2,1-2H3,(H,24,25,26,27);;. The molecule has 0 aliphatic rings. The molecule has 0 saturated carbocycles. The summed E-state index contributed by atoms with van der Waals surface area (Å²) in [5, 5.41) is 24.6. The predicted molar refractivity (Wildman–Crippen MR) is 120 cm³/mol. The van der Waals surface area contributed by atoms with E-state index in [0.717, 1.165) is 55.7 Å². The van der Waals surface area contributed by atoms with Crippen LogP contribution >= 0.6 is 0 Å². The molecule has 0 unspecified atom stereocenters. The van der Waals surface area contributed by atoms with Gasteiger partial charge in [0.25, 0.3) is 0 Å². The van der Waals surface area contributed by atoms with Crippen LogP contribution in [0.4, 0.5) is 0 Å². The van der Waals surface area contributed by atoms with Gasteiger partial charge in [-0.15, -0.1) is 10.2 Å². The number of aryl methyl sites for hydroxylation is 2. The summed E-state index contributed by atoms with van der Waals surface area (Å²) in [5.74, 6) is 1.79. The summed E-state index contributed by atoms with van der Waals surface area (Å²) < 4.78 is 5.81. The monoisotopic (exact) mass is 418 g/mol. The Bertz CT molecular complexity index is 870. The summed E-state index contributed by atoms with van der Waals surface area (Å²) in [5.41, 5.74) is 2.15. The van der Waals surface area contributed by atoms with Gasteiger partial charge in [0.05, 0.1) is 6.61 Å². The minimum atomic E-state index is -0.0742. The number of rotatable bonds is 11. The average Bonchev–Trinajstić information content (AvgIpc) is 3.27. The Kier molecular flexibility index (Phi) is 9.82. The van der Waals surface area contributed by atoms with Crippen LogP contribution in [-0.4, -0.2) is 61.9 Å². The van der Waals surface area contributed by atoms with E-state index >= 15 is 0 Å². The van der Waals surface area contributed by atoms with Gasteiger partial charge in [0.2, 0.25) is 0 Å². The molecule has 3 rings (SSSR count). The summed E-state index contributed by atoms with van der Waals surface area (Å²) in [6.07, 6.45) is 5.85. The van der Waals surface area contributed by atoms with Gasteiger partial charge >= 0.3 is 29.6 Å². The van der Waals surface area contributed by atoms with Crippen molar-refractivity contribution >= 4 is 29.6 Å². The fourth-order valence-corrected chi connectivity index (χ4v) is 3.36. The van der Waals surface area contributed by atoms with Crippen molar-refractivity contribution in [2.45, 2.75) is 57.8 Å². The van der Waals surface area contributed by atoms with Crippen LogP contribution in [0.3, 0.4) is 0 Å². The number of unbranched alkanes of at least 4 members (excludes halogenated alkanes) is 2. The molecule has 0 aliphatic heterocycles. The first-order valence-corrected chi connectivity index (χ1v) is 10.3. The van der Waals surface area contributed by atoms with Crippen molar-refractivity contribution in [3.8, 4) is 11.5 Å². The first-order valence-electron chi connectivity index (χ1n) is 10.3. The minimum absolute atomic E-state index is 0. The van der Waals surface area contributed by atoms with Crippen LogP contribution < -0.4 is 4.74 Å². The molecule has 2 aromatic carbocycles. The zero-order valence-electron chi connectivity index (χ0n) is 17.3. The summed E-state index contributed by atoms with van der Waals surface area (Å²) in [4.78, 5) is 0. The van der Waals surface area contributed by atoms with E-state index in [-0.39, 0.29) is 35.0 Å². The normalized spacial score (nSPS) is 11.1. The van der Waals surface area contributed by atoms with Crippen LogP contribution in [0, 0.1) is 0 Å². The van der Waals surface area contributed by atoms with Crippen molar-refractivity contribution in [2.24, 2.45) is 0 Å². The third kappa shape index (κ3) is 7.42. The fraction of sp³-hybridized carbons (Fsp3) is 0.435. The molecule has 0 atom stereocenters. The molecule has 6 nitrogen and oxygen atoms in total. The first-order chi connectivity index (χ1) is 14.0. The van der Waals surface area contributed by atoms with E-state index in [4.69, 9.17) is 4.74 Å². The molecule has 0 radical (unpaired) electrons. The van der Waals surface area contributed by atoms with Crippen molar-refractivity contribution in [1.29, 1.82) is 0 Å². The van der Waals surface area contributed by atoms with Gasteiger partial charge in [0, 0.05) is 11.5 Å². The summed E-state index contributed by atoms with van der Waals surface area (Å²) >= 11 is 0. The molecule has 1 heterocycles. The second-order valence-electron chi connectivity index (χ2n) is 8.05. The topological polar surface area (TPSA) is 83.9 Å². The van der Waals surface area contributed by atoms with Crippen molar-refractivity contribution in [3.63, 3.8) is 0 Å². The summed E-state index contributed by atoms with van der Waals surface area (Å²) in [6, 6.07) is 15.9. The molecular formula is C23H31N4NaO2. The molecule has 7 heteroatoms. The first kappa shape index (κ1) is 24.4. The van der Waals surface area contributed by atoms with Crippen molar-refractivity contribution in [2.75, 3.05) is 6.61 Å². The van der Waals surface area contributed by atoms with Gasteiger partial charge in [-0.1, -0.05) is 68.3 Å². The van der Waals surface area contributed by atoms with Gasteiger partial charge in [0.15, 0.2) is 5.82 Å². The number of ether oxygens (including phenoxy) is 1. The summed E-state index contributed by atoms with van der Waals surface area (Å²) in [6.45, 7) is 4.92. The second-order valence-corrected chi connectivity index (χ2v) is 8.05. The molecule has 0 aliphatic carbocycles. The number of aromatic nitrogens is 4. The van der Waals surface area contributed by atoms with E-state index in [2.05, 4.69) is 46.6 Å². The van der Waals surface area contributed by atoms with Crippen LogP contribution in [0.5, 0.6) is 11.5 Å². The number of aromatic hydroxyl groups is 1. The molecule has 3 aromatic rings. The van der Waals surface area contributed by atoms with E-state index in [1.165, 1.54) is 5.56 Å². The number of hydrogen-bond donors (Lipinski definition) is 2. The molecule has 2 N–H and O–H groups in total. The Balaban J connectivity index is 0.00000320. The van der Waals surface area contributed by atoms with E-state index in [1.807, 2.05) is 30.3 Å². The van der Waals surface area contributed by atoms with Crippen molar-refractivity contribution in [3.05, 3.63) is 65.5 Å². The molecule has 0 bridgehead atoms. The van der Waals surface area contributed by atoms with Gasteiger partial charge in [-0.3, -0.25) is 0 Å². The number of hydrogen-bond acceptors (Lipinski definition) is 5. The van der Waals surface area contributed by atoms with Crippen molar-refractivity contribution in [1.82, 2.24) is 20.6 Å².